The molecular formula is C18H13ClN4S. The molecule has 0 saturated carbocycles. The van der Waals surface area contributed by atoms with E-state index in [1.54, 1.807) is 30.1 Å². The molecule has 0 amide bonds. The zero-order valence-corrected chi connectivity index (χ0v) is 14.4. The molecule has 0 aliphatic carbocycles. The second-order valence-electron chi connectivity index (χ2n) is 4.93. The van der Waals surface area contributed by atoms with Crippen molar-refractivity contribution in [2.75, 3.05) is 7.05 Å². The summed E-state index contributed by atoms with van der Waals surface area (Å²) >= 11 is 7.61. The van der Waals surface area contributed by atoms with E-state index >= 15 is 0 Å². The minimum atomic E-state index is 0.624. The van der Waals surface area contributed by atoms with Crippen LogP contribution in [0.1, 0.15) is 11.1 Å². The molecule has 24 heavy (non-hydrogen) atoms. The Labute approximate surface area is 148 Å². The van der Waals surface area contributed by atoms with E-state index < -0.39 is 0 Å². The van der Waals surface area contributed by atoms with Gasteiger partial charge in [0, 0.05) is 23.0 Å². The molecule has 4 nitrogen and oxygen atoms in total. The lowest BCUT2D eigenvalue weighted by molar-refractivity contribution is 0.848. The highest BCUT2D eigenvalue weighted by molar-refractivity contribution is 7.07. The first-order chi connectivity index (χ1) is 11.7. The van der Waals surface area contributed by atoms with Crippen molar-refractivity contribution < 1.29 is 0 Å². The Morgan fingerprint density at radius 2 is 2.00 bits per heavy atom. The van der Waals surface area contributed by atoms with Crippen molar-refractivity contribution in [3.05, 3.63) is 74.9 Å². The van der Waals surface area contributed by atoms with Crippen molar-refractivity contribution in [3.63, 3.8) is 0 Å². The van der Waals surface area contributed by atoms with Crippen LogP contribution in [0, 0.1) is 11.3 Å². The molecule has 0 aliphatic heterocycles. The molecule has 0 fully saturated rings. The third-order valence-corrected chi connectivity index (χ3v) is 4.50. The number of hydrogen-bond acceptors (Lipinski definition) is 4. The predicted molar refractivity (Wildman–Crippen MR) is 98.4 cm³/mol. The minimum absolute atomic E-state index is 0.624. The fraction of sp³-hybridized carbons (Fsp3) is 0.0556. The fourth-order valence-electron chi connectivity index (χ4n) is 2.18. The average Bonchev–Trinajstić information content (AvgIpc) is 3.03. The van der Waals surface area contributed by atoms with Crippen LogP contribution in [0.2, 0.25) is 5.02 Å². The van der Waals surface area contributed by atoms with Gasteiger partial charge in [0.25, 0.3) is 0 Å². The number of rotatable bonds is 3. The van der Waals surface area contributed by atoms with E-state index in [0.717, 1.165) is 21.6 Å². The van der Waals surface area contributed by atoms with Crippen LogP contribution in [0.5, 0.6) is 0 Å². The Kier molecular flexibility index (Phi) is 4.90. The number of thiazole rings is 1. The van der Waals surface area contributed by atoms with Gasteiger partial charge in [-0.25, -0.2) is 4.68 Å². The van der Waals surface area contributed by atoms with Crippen molar-refractivity contribution in [2.24, 2.45) is 10.1 Å². The first-order valence-electron chi connectivity index (χ1n) is 7.15. The molecule has 1 heterocycles. The van der Waals surface area contributed by atoms with Gasteiger partial charge in [0.15, 0.2) is 0 Å². The average molecular weight is 353 g/mol. The Morgan fingerprint density at radius 3 is 2.67 bits per heavy atom. The maximum atomic E-state index is 8.85. The SMILES string of the molecule is CN=c1scc(-c2cccc(Cl)c2)n1N=Cc1ccc(C#N)cc1. The Balaban J connectivity index is 2.02. The van der Waals surface area contributed by atoms with Crippen molar-refractivity contribution >= 4 is 29.2 Å². The topological polar surface area (TPSA) is 53.4 Å². The van der Waals surface area contributed by atoms with Gasteiger partial charge in [-0.15, -0.1) is 11.3 Å². The van der Waals surface area contributed by atoms with E-state index in [-0.39, 0.29) is 0 Å². The summed E-state index contributed by atoms with van der Waals surface area (Å²) in [6.45, 7) is 0. The third kappa shape index (κ3) is 3.46. The Hall–Kier alpha value is -2.68. The first kappa shape index (κ1) is 16.2. The highest BCUT2D eigenvalue weighted by atomic mass is 35.5. The number of hydrogen-bond donors (Lipinski definition) is 0. The maximum Gasteiger partial charge on any atom is 0.205 e. The number of halogens is 1. The Morgan fingerprint density at radius 1 is 1.21 bits per heavy atom. The normalized spacial score (nSPS) is 11.8. The van der Waals surface area contributed by atoms with Crippen LogP contribution in [-0.4, -0.2) is 17.9 Å². The van der Waals surface area contributed by atoms with Gasteiger partial charge >= 0.3 is 0 Å². The summed E-state index contributed by atoms with van der Waals surface area (Å²) in [5.41, 5.74) is 3.43. The zero-order chi connectivity index (χ0) is 16.9. The van der Waals surface area contributed by atoms with Crippen LogP contribution in [-0.2, 0) is 0 Å². The molecule has 1 aromatic heterocycles. The van der Waals surface area contributed by atoms with E-state index in [1.807, 2.05) is 41.8 Å². The predicted octanol–water partition coefficient (Wildman–Crippen LogP) is 4.15. The van der Waals surface area contributed by atoms with Crippen LogP contribution in [0.25, 0.3) is 11.3 Å². The van der Waals surface area contributed by atoms with E-state index in [2.05, 4.69) is 16.2 Å². The molecule has 0 atom stereocenters. The van der Waals surface area contributed by atoms with Crippen LogP contribution in [0.3, 0.4) is 0 Å². The lowest BCUT2D eigenvalue weighted by Crippen LogP contribution is -2.11. The molecule has 0 aliphatic rings. The molecule has 2 aromatic carbocycles. The van der Waals surface area contributed by atoms with Crippen molar-refractivity contribution in [1.29, 1.82) is 5.26 Å². The number of aromatic nitrogens is 1. The van der Waals surface area contributed by atoms with Crippen molar-refractivity contribution in [3.8, 4) is 17.3 Å². The molecule has 0 saturated heterocycles. The summed E-state index contributed by atoms with van der Waals surface area (Å²) < 4.78 is 1.79. The van der Waals surface area contributed by atoms with E-state index in [0.29, 0.717) is 10.6 Å². The summed E-state index contributed by atoms with van der Waals surface area (Å²) in [4.78, 5) is 5.06. The zero-order valence-electron chi connectivity index (χ0n) is 12.8. The molecule has 6 heteroatoms. The van der Waals surface area contributed by atoms with Crippen LogP contribution >= 0.6 is 22.9 Å². The highest BCUT2D eigenvalue weighted by Crippen LogP contribution is 2.23. The summed E-state index contributed by atoms with van der Waals surface area (Å²) in [7, 11) is 1.74. The van der Waals surface area contributed by atoms with Gasteiger partial charge in [-0.3, -0.25) is 4.99 Å². The molecule has 0 N–H and O–H groups in total. The highest BCUT2D eigenvalue weighted by Gasteiger charge is 2.07. The minimum Gasteiger partial charge on any atom is -0.261 e. The summed E-state index contributed by atoms with van der Waals surface area (Å²) in [5.74, 6) is 0. The second-order valence-corrected chi connectivity index (χ2v) is 6.20. The fourth-order valence-corrected chi connectivity index (χ4v) is 3.17. The number of benzene rings is 2. The molecule has 0 spiro atoms. The van der Waals surface area contributed by atoms with Gasteiger partial charge < -0.3 is 0 Å². The lowest BCUT2D eigenvalue weighted by Gasteiger charge is -2.04. The molecule has 0 unspecified atom stereocenters. The van der Waals surface area contributed by atoms with E-state index in [9.17, 15) is 0 Å². The van der Waals surface area contributed by atoms with Gasteiger partial charge in [-0.1, -0.05) is 35.9 Å². The van der Waals surface area contributed by atoms with Crippen molar-refractivity contribution in [1.82, 2.24) is 4.68 Å². The van der Waals surface area contributed by atoms with Crippen LogP contribution < -0.4 is 4.80 Å². The standard InChI is InChI=1S/C18H13ClN4S/c1-21-18-23(22-11-14-7-5-13(10-20)6-8-14)17(12-24-18)15-3-2-4-16(19)9-15/h2-9,11-12H,1H3. The molecule has 3 rings (SSSR count). The lowest BCUT2D eigenvalue weighted by atomic mass is 10.2. The monoisotopic (exact) mass is 352 g/mol. The van der Waals surface area contributed by atoms with Gasteiger partial charge in [0.2, 0.25) is 4.80 Å². The van der Waals surface area contributed by atoms with E-state index in [4.69, 9.17) is 16.9 Å². The number of nitriles is 1. The van der Waals surface area contributed by atoms with Crippen LogP contribution in [0.15, 0.2) is 64.0 Å². The second kappa shape index (κ2) is 7.26. The quantitative estimate of drug-likeness (QED) is 0.653. The molecule has 0 radical (unpaired) electrons. The summed E-state index contributed by atoms with van der Waals surface area (Å²) in [5, 5.41) is 16.1. The summed E-state index contributed by atoms with van der Waals surface area (Å²) in [6.07, 6.45) is 1.75. The van der Waals surface area contributed by atoms with Gasteiger partial charge in [-0.2, -0.15) is 10.4 Å². The smallest absolute Gasteiger partial charge is 0.205 e. The third-order valence-electron chi connectivity index (χ3n) is 3.36. The summed E-state index contributed by atoms with van der Waals surface area (Å²) in [6, 6.07) is 17.0. The number of nitrogens with zero attached hydrogens (tertiary/aromatic N) is 4. The molecule has 0 bridgehead atoms. The van der Waals surface area contributed by atoms with Gasteiger partial charge in [0.1, 0.15) is 0 Å². The van der Waals surface area contributed by atoms with Crippen molar-refractivity contribution in [2.45, 2.75) is 0 Å². The molecule has 3 aromatic rings. The van der Waals surface area contributed by atoms with Gasteiger partial charge in [0.05, 0.1) is 23.5 Å². The van der Waals surface area contributed by atoms with Crippen LogP contribution in [0.4, 0.5) is 0 Å². The molecular weight excluding hydrogens is 340 g/mol. The Bertz CT molecular complexity index is 991. The first-order valence-corrected chi connectivity index (χ1v) is 8.41. The molecule has 118 valence electrons. The van der Waals surface area contributed by atoms with Gasteiger partial charge in [-0.05, 0) is 29.8 Å². The maximum absolute atomic E-state index is 8.85. The van der Waals surface area contributed by atoms with E-state index in [1.165, 1.54) is 11.3 Å². The largest absolute Gasteiger partial charge is 0.261 e.